The molecule has 4 nitrogen and oxygen atoms in total. The Labute approximate surface area is 88.2 Å². The smallest absolute Gasteiger partial charge is 0.151 e. The van der Waals surface area contributed by atoms with Gasteiger partial charge in [-0.3, -0.25) is 4.98 Å². The quantitative estimate of drug-likeness (QED) is 0.830. The van der Waals surface area contributed by atoms with Gasteiger partial charge in [-0.05, 0) is 13.0 Å². The zero-order valence-corrected chi connectivity index (χ0v) is 9.33. The van der Waals surface area contributed by atoms with Crippen LogP contribution in [-0.2, 0) is 9.84 Å². The first-order valence-corrected chi connectivity index (χ1v) is 6.33. The van der Waals surface area contributed by atoms with Crippen LogP contribution in [0.2, 0.25) is 0 Å². The molecule has 0 spiro atoms. The molecule has 0 amide bonds. The van der Waals surface area contributed by atoms with Gasteiger partial charge in [0.05, 0.1) is 11.4 Å². The average molecular weight is 232 g/mol. The molecule has 0 aliphatic carbocycles. The normalized spacial score (nSPS) is 16.0. The van der Waals surface area contributed by atoms with E-state index in [4.69, 9.17) is 5.73 Å². The van der Waals surface area contributed by atoms with Crippen molar-refractivity contribution in [2.45, 2.75) is 18.2 Å². The number of sulfone groups is 1. The van der Waals surface area contributed by atoms with E-state index < -0.39 is 26.9 Å². The zero-order valence-electron chi connectivity index (χ0n) is 8.51. The van der Waals surface area contributed by atoms with Gasteiger partial charge >= 0.3 is 0 Å². The fraction of sp³-hybridized carbons (Fsp3) is 0.444. The van der Waals surface area contributed by atoms with Gasteiger partial charge in [-0.15, -0.1) is 0 Å². The van der Waals surface area contributed by atoms with Gasteiger partial charge in [0.2, 0.25) is 0 Å². The van der Waals surface area contributed by atoms with Gasteiger partial charge in [0, 0.05) is 24.1 Å². The minimum absolute atomic E-state index is 0.169. The second-order valence-electron chi connectivity index (χ2n) is 3.46. The van der Waals surface area contributed by atoms with Crippen molar-refractivity contribution in [1.82, 2.24) is 4.98 Å². The standard InChI is InChI=1S/C9H13FN2O2S/c1-6(15(2,13)14)9(11)7-3-4-12-5-8(7)10/h3-6,9H,11H2,1-2H3. The molecule has 0 aromatic carbocycles. The minimum atomic E-state index is -3.28. The summed E-state index contributed by atoms with van der Waals surface area (Å²) < 4.78 is 35.7. The fourth-order valence-electron chi connectivity index (χ4n) is 1.18. The third-order valence-corrected chi connectivity index (χ3v) is 3.99. The van der Waals surface area contributed by atoms with E-state index in [1.807, 2.05) is 0 Å². The first-order chi connectivity index (χ1) is 6.84. The molecule has 0 radical (unpaired) electrons. The first-order valence-electron chi connectivity index (χ1n) is 4.38. The molecule has 0 saturated carbocycles. The Morgan fingerprint density at radius 1 is 1.53 bits per heavy atom. The van der Waals surface area contributed by atoms with Crippen molar-refractivity contribution in [3.05, 3.63) is 29.8 Å². The summed E-state index contributed by atoms with van der Waals surface area (Å²) in [6.07, 6.45) is 3.48. The summed E-state index contributed by atoms with van der Waals surface area (Å²) >= 11 is 0. The molecular weight excluding hydrogens is 219 g/mol. The maximum Gasteiger partial charge on any atom is 0.151 e. The van der Waals surface area contributed by atoms with Crippen LogP contribution in [0.5, 0.6) is 0 Å². The maximum absolute atomic E-state index is 13.3. The molecule has 0 bridgehead atoms. The Kier molecular flexibility index (Phi) is 3.41. The third-order valence-electron chi connectivity index (χ3n) is 2.34. The highest BCUT2D eigenvalue weighted by atomic mass is 32.2. The second kappa shape index (κ2) is 4.24. The molecule has 1 aromatic rings. The van der Waals surface area contributed by atoms with Crippen molar-refractivity contribution in [3.8, 4) is 0 Å². The molecule has 1 heterocycles. The van der Waals surface area contributed by atoms with Crippen molar-refractivity contribution in [3.63, 3.8) is 0 Å². The lowest BCUT2D eigenvalue weighted by Gasteiger charge is -2.18. The number of nitrogens with two attached hydrogens (primary N) is 1. The zero-order chi connectivity index (χ0) is 11.6. The SMILES string of the molecule is CC(C(N)c1ccncc1F)S(C)(=O)=O. The van der Waals surface area contributed by atoms with Gasteiger partial charge in [-0.1, -0.05) is 0 Å². The van der Waals surface area contributed by atoms with Gasteiger partial charge < -0.3 is 5.73 Å². The van der Waals surface area contributed by atoms with Gasteiger partial charge in [-0.2, -0.15) is 0 Å². The van der Waals surface area contributed by atoms with Crippen LogP contribution in [0.25, 0.3) is 0 Å². The highest BCUT2D eigenvalue weighted by molar-refractivity contribution is 7.91. The van der Waals surface area contributed by atoms with E-state index in [2.05, 4.69) is 4.98 Å². The molecule has 0 aliphatic heterocycles. The molecule has 0 aliphatic rings. The lowest BCUT2D eigenvalue weighted by atomic mass is 10.1. The van der Waals surface area contributed by atoms with E-state index in [1.165, 1.54) is 19.2 Å². The highest BCUT2D eigenvalue weighted by Crippen LogP contribution is 2.20. The summed E-state index contributed by atoms with van der Waals surface area (Å²) in [5, 5.41) is -0.825. The number of aromatic nitrogens is 1. The molecule has 1 rings (SSSR count). The number of pyridine rings is 1. The predicted octanol–water partition coefficient (Wildman–Crippen LogP) is 0.654. The number of rotatable bonds is 3. The Morgan fingerprint density at radius 2 is 2.13 bits per heavy atom. The van der Waals surface area contributed by atoms with Gasteiger partial charge in [0.1, 0.15) is 5.82 Å². The number of halogens is 1. The number of hydrogen-bond donors (Lipinski definition) is 1. The summed E-state index contributed by atoms with van der Waals surface area (Å²) in [7, 11) is -3.28. The van der Waals surface area contributed by atoms with Crippen molar-refractivity contribution < 1.29 is 12.8 Å². The largest absolute Gasteiger partial charge is 0.323 e. The van der Waals surface area contributed by atoms with Crippen LogP contribution < -0.4 is 5.73 Å². The molecule has 2 N–H and O–H groups in total. The highest BCUT2D eigenvalue weighted by Gasteiger charge is 2.25. The van der Waals surface area contributed by atoms with Crippen LogP contribution in [-0.4, -0.2) is 24.9 Å². The Bertz CT molecular complexity index is 447. The van der Waals surface area contributed by atoms with E-state index in [-0.39, 0.29) is 5.56 Å². The van der Waals surface area contributed by atoms with E-state index in [9.17, 15) is 12.8 Å². The molecule has 0 fully saturated rings. The van der Waals surface area contributed by atoms with E-state index in [0.717, 1.165) is 12.5 Å². The van der Waals surface area contributed by atoms with E-state index >= 15 is 0 Å². The van der Waals surface area contributed by atoms with Crippen LogP contribution in [0.1, 0.15) is 18.5 Å². The van der Waals surface area contributed by atoms with Crippen LogP contribution in [0.3, 0.4) is 0 Å². The molecular formula is C9H13FN2O2S. The maximum atomic E-state index is 13.3. The van der Waals surface area contributed by atoms with Crippen molar-refractivity contribution in [2.24, 2.45) is 5.73 Å². The average Bonchev–Trinajstić information content (AvgIpc) is 2.15. The predicted molar refractivity (Wildman–Crippen MR) is 55.4 cm³/mol. The monoisotopic (exact) mass is 232 g/mol. The van der Waals surface area contributed by atoms with Crippen molar-refractivity contribution in [1.29, 1.82) is 0 Å². The van der Waals surface area contributed by atoms with Crippen LogP contribution in [0, 0.1) is 5.82 Å². The van der Waals surface area contributed by atoms with Crippen LogP contribution >= 0.6 is 0 Å². The molecule has 6 heteroatoms. The molecule has 84 valence electrons. The van der Waals surface area contributed by atoms with E-state index in [0.29, 0.717) is 0 Å². The summed E-state index contributed by atoms with van der Waals surface area (Å²) in [6.45, 7) is 1.46. The Morgan fingerprint density at radius 3 is 2.60 bits per heavy atom. The Balaban J connectivity index is 3.06. The summed E-state index contributed by atoms with van der Waals surface area (Å²) in [4.78, 5) is 3.57. The van der Waals surface area contributed by atoms with E-state index in [1.54, 1.807) is 0 Å². The molecule has 2 atom stereocenters. The van der Waals surface area contributed by atoms with Crippen molar-refractivity contribution in [2.75, 3.05) is 6.26 Å². The number of hydrogen-bond acceptors (Lipinski definition) is 4. The molecule has 15 heavy (non-hydrogen) atoms. The molecule has 1 aromatic heterocycles. The molecule has 0 saturated heterocycles. The second-order valence-corrected chi connectivity index (χ2v) is 5.86. The van der Waals surface area contributed by atoms with Crippen LogP contribution in [0.15, 0.2) is 18.5 Å². The fourth-order valence-corrected chi connectivity index (χ4v) is 1.85. The first kappa shape index (κ1) is 12.1. The number of nitrogens with zero attached hydrogens (tertiary/aromatic N) is 1. The topological polar surface area (TPSA) is 73.0 Å². The third kappa shape index (κ3) is 2.73. The summed E-state index contributed by atoms with van der Waals surface area (Å²) in [5.41, 5.74) is 5.85. The molecule has 2 unspecified atom stereocenters. The summed E-state index contributed by atoms with van der Waals surface area (Å²) in [6, 6.07) is 0.518. The lowest BCUT2D eigenvalue weighted by molar-refractivity contribution is 0.547. The van der Waals surface area contributed by atoms with Crippen LogP contribution in [0.4, 0.5) is 4.39 Å². The Hall–Kier alpha value is -1.01. The van der Waals surface area contributed by atoms with Gasteiger partial charge in [-0.25, -0.2) is 12.8 Å². The minimum Gasteiger partial charge on any atom is -0.323 e. The van der Waals surface area contributed by atoms with Gasteiger partial charge in [0.15, 0.2) is 9.84 Å². The summed E-state index contributed by atoms with van der Waals surface area (Å²) in [5.74, 6) is -0.583. The van der Waals surface area contributed by atoms with Gasteiger partial charge in [0.25, 0.3) is 0 Å². The van der Waals surface area contributed by atoms with Crippen molar-refractivity contribution >= 4 is 9.84 Å². The lowest BCUT2D eigenvalue weighted by Crippen LogP contribution is -2.31.